The van der Waals surface area contributed by atoms with Crippen molar-refractivity contribution in [3.63, 3.8) is 0 Å². The van der Waals surface area contributed by atoms with Gasteiger partial charge in [-0.1, -0.05) is 45.0 Å². The topological polar surface area (TPSA) is 64.7 Å². The maximum Gasteiger partial charge on any atom is 0.255 e. The summed E-state index contributed by atoms with van der Waals surface area (Å²) < 4.78 is 0. The zero-order valence-corrected chi connectivity index (χ0v) is 23.5. The maximum atomic E-state index is 12.7. The molecule has 3 aromatic carbocycles. The molecule has 2 amide bonds. The van der Waals surface area contributed by atoms with Gasteiger partial charge in [-0.2, -0.15) is 0 Å². The predicted molar refractivity (Wildman–Crippen MR) is 157 cm³/mol. The van der Waals surface area contributed by atoms with Crippen LogP contribution in [-0.4, -0.2) is 50.4 Å². The third kappa shape index (κ3) is 9.23. The Kier molecular flexibility index (Phi) is 12.1. The Bertz CT molecular complexity index is 1170. The molecule has 0 aromatic heterocycles. The summed E-state index contributed by atoms with van der Waals surface area (Å²) in [7, 11) is 3.85. The first-order valence-electron chi connectivity index (χ1n) is 12.6. The van der Waals surface area contributed by atoms with Crippen LogP contribution in [0.3, 0.4) is 0 Å². The molecule has 3 rings (SSSR count). The van der Waals surface area contributed by atoms with Gasteiger partial charge in [0.15, 0.2) is 0 Å². The molecule has 0 aliphatic rings. The second-order valence-corrected chi connectivity index (χ2v) is 9.10. The lowest BCUT2D eigenvalue weighted by Crippen LogP contribution is -2.21. The second kappa shape index (κ2) is 15.0. The number of hydrogen-bond donors (Lipinski definition) is 2. The molecule has 0 spiro atoms. The first kappa shape index (κ1) is 29.9. The number of benzene rings is 3. The van der Waals surface area contributed by atoms with Crippen LogP contribution in [0, 0.1) is 6.92 Å². The highest BCUT2D eigenvalue weighted by molar-refractivity contribution is 6.17. The van der Waals surface area contributed by atoms with Gasteiger partial charge in [-0.15, -0.1) is 11.6 Å². The summed E-state index contributed by atoms with van der Waals surface area (Å²) in [6.45, 7) is 12.0. The molecule has 7 heteroatoms. The van der Waals surface area contributed by atoms with Crippen molar-refractivity contribution in [2.45, 2.75) is 33.6 Å². The average molecular weight is 523 g/mol. The van der Waals surface area contributed by atoms with Crippen LogP contribution in [0.4, 0.5) is 17.1 Å². The molecule has 37 heavy (non-hydrogen) atoms. The SMILES string of the molecule is CCN(CC)CC.Cc1ccc(NC(=O)c2cccc(N(C)C)c2)cc1NC(=O)c1cccc(CCl)c1. The van der Waals surface area contributed by atoms with Gasteiger partial charge in [0.2, 0.25) is 0 Å². The van der Waals surface area contributed by atoms with Crippen LogP contribution in [0.25, 0.3) is 0 Å². The Labute approximate surface area is 226 Å². The van der Waals surface area contributed by atoms with Crippen molar-refractivity contribution in [3.8, 4) is 0 Å². The molecule has 0 heterocycles. The van der Waals surface area contributed by atoms with Gasteiger partial charge in [0.1, 0.15) is 0 Å². The van der Waals surface area contributed by atoms with Crippen molar-refractivity contribution in [1.29, 1.82) is 0 Å². The second-order valence-electron chi connectivity index (χ2n) is 8.84. The van der Waals surface area contributed by atoms with Crippen molar-refractivity contribution in [3.05, 3.63) is 89.0 Å². The van der Waals surface area contributed by atoms with Crippen molar-refractivity contribution in [2.75, 3.05) is 49.3 Å². The van der Waals surface area contributed by atoms with Gasteiger partial charge in [-0.05, 0) is 80.1 Å². The summed E-state index contributed by atoms with van der Waals surface area (Å²) in [5.74, 6) is -0.0988. The van der Waals surface area contributed by atoms with E-state index >= 15 is 0 Å². The van der Waals surface area contributed by atoms with Crippen molar-refractivity contribution < 1.29 is 9.59 Å². The van der Waals surface area contributed by atoms with Crippen LogP contribution in [0.15, 0.2) is 66.7 Å². The highest BCUT2D eigenvalue weighted by Gasteiger charge is 2.12. The molecule has 0 aliphatic heterocycles. The van der Waals surface area contributed by atoms with Gasteiger partial charge in [-0.25, -0.2) is 0 Å². The minimum absolute atomic E-state index is 0.213. The zero-order valence-electron chi connectivity index (χ0n) is 22.8. The number of alkyl halides is 1. The van der Waals surface area contributed by atoms with Gasteiger partial charge in [0, 0.05) is 48.2 Å². The highest BCUT2D eigenvalue weighted by Crippen LogP contribution is 2.23. The lowest BCUT2D eigenvalue weighted by Gasteiger charge is -2.14. The van der Waals surface area contributed by atoms with E-state index in [9.17, 15) is 9.59 Å². The van der Waals surface area contributed by atoms with E-state index in [0.29, 0.717) is 28.4 Å². The first-order valence-corrected chi connectivity index (χ1v) is 13.1. The molecular weight excluding hydrogens is 484 g/mol. The monoisotopic (exact) mass is 522 g/mol. The van der Waals surface area contributed by atoms with Gasteiger partial charge < -0.3 is 20.4 Å². The predicted octanol–water partition coefficient (Wildman–Crippen LogP) is 6.65. The number of aryl methyl sites for hydroxylation is 1. The molecule has 0 unspecified atom stereocenters. The fraction of sp³-hybridized carbons (Fsp3) is 0.333. The Morgan fingerprint density at radius 1 is 0.784 bits per heavy atom. The maximum absolute atomic E-state index is 12.7. The standard InChI is InChI=1S/C24H24ClN3O2.C6H15N/c1-16-10-11-20(26-23(29)19-8-5-9-21(13-19)28(2)3)14-22(16)27-24(30)18-7-4-6-17(12-18)15-25;1-4-7(5-2)6-3/h4-14H,15H2,1-3H3,(H,26,29)(H,27,30);4-6H2,1-3H3. The van der Waals surface area contributed by atoms with E-state index in [1.807, 2.05) is 62.3 Å². The van der Waals surface area contributed by atoms with Gasteiger partial charge in [0.25, 0.3) is 11.8 Å². The molecule has 3 aromatic rings. The average Bonchev–Trinajstić information content (AvgIpc) is 2.92. The van der Waals surface area contributed by atoms with E-state index < -0.39 is 0 Å². The largest absolute Gasteiger partial charge is 0.378 e. The van der Waals surface area contributed by atoms with E-state index in [-0.39, 0.29) is 11.8 Å². The van der Waals surface area contributed by atoms with Crippen LogP contribution in [-0.2, 0) is 5.88 Å². The molecule has 6 nitrogen and oxygen atoms in total. The minimum Gasteiger partial charge on any atom is -0.378 e. The van der Waals surface area contributed by atoms with E-state index in [4.69, 9.17) is 11.6 Å². The van der Waals surface area contributed by atoms with Crippen molar-refractivity contribution in [1.82, 2.24) is 4.90 Å². The first-order chi connectivity index (χ1) is 17.7. The number of anilines is 3. The van der Waals surface area contributed by atoms with Crippen molar-refractivity contribution >= 4 is 40.5 Å². The molecule has 0 saturated carbocycles. The molecular formula is C30H39ClN4O2. The quantitative estimate of drug-likeness (QED) is 0.309. The number of nitrogens with zero attached hydrogens (tertiary/aromatic N) is 2. The van der Waals surface area contributed by atoms with Crippen LogP contribution >= 0.6 is 11.6 Å². The van der Waals surface area contributed by atoms with Gasteiger partial charge >= 0.3 is 0 Å². The molecule has 0 fully saturated rings. The summed E-state index contributed by atoms with van der Waals surface area (Å²) in [5, 5.41) is 5.81. The van der Waals surface area contributed by atoms with E-state index in [2.05, 4.69) is 36.3 Å². The fourth-order valence-corrected chi connectivity index (χ4v) is 3.79. The third-order valence-corrected chi connectivity index (χ3v) is 6.36. The van der Waals surface area contributed by atoms with E-state index in [1.54, 1.807) is 30.3 Å². The lowest BCUT2D eigenvalue weighted by molar-refractivity contribution is 0.101. The Morgan fingerprint density at radius 2 is 1.38 bits per heavy atom. The molecule has 2 N–H and O–H groups in total. The highest BCUT2D eigenvalue weighted by atomic mass is 35.5. The normalized spacial score (nSPS) is 10.4. The number of carbonyl (C=O) groups is 2. The fourth-order valence-electron chi connectivity index (χ4n) is 3.62. The number of halogens is 1. The number of rotatable bonds is 9. The smallest absolute Gasteiger partial charge is 0.255 e. The number of nitrogens with one attached hydrogen (secondary N) is 2. The van der Waals surface area contributed by atoms with Crippen molar-refractivity contribution in [2.24, 2.45) is 0 Å². The lowest BCUT2D eigenvalue weighted by atomic mass is 10.1. The number of hydrogen-bond acceptors (Lipinski definition) is 4. The van der Waals surface area contributed by atoms with E-state index in [1.165, 1.54) is 19.6 Å². The summed E-state index contributed by atoms with van der Waals surface area (Å²) in [5.41, 5.74) is 5.04. The third-order valence-electron chi connectivity index (χ3n) is 6.05. The zero-order chi connectivity index (χ0) is 27.4. The Balaban J connectivity index is 0.000000604. The minimum atomic E-state index is -0.229. The van der Waals surface area contributed by atoms with Crippen LogP contribution in [0.2, 0.25) is 0 Å². The summed E-state index contributed by atoms with van der Waals surface area (Å²) in [6, 6.07) is 20.0. The van der Waals surface area contributed by atoms with E-state index in [0.717, 1.165) is 16.8 Å². The Morgan fingerprint density at radius 3 is 1.95 bits per heavy atom. The molecule has 0 saturated heterocycles. The summed E-state index contributed by atoms with van der Waals surface area (Å²) in [6.07, 6.45) is 0. The molecule has 0 atom stereocenters. The summed E-state index contributed by atoms with van der Waals surface area (Å²) >= 11 is 5.86. The Hall–Kier alpha value is -3.35. The molecule has 198 valence electrons. The van der Waals surface area contributed by atoms with Crippen LogP contribution in [0.1, 0.15) is 52.6 Å². The molecule has 0 bridgehead atoms. The summed E-state index contributed by atoms with van der Waals surface area (Å²) in [4.78, 5) is 29.6. The molecule has 0 radical (unpaired) electrons. The van der Waals surface area contributed by atoms with Crippen LogP contribution < -0.4 is 15.5 Å². The number of amides is 2. The molecule has 0 aliphatic carbocycles. The van der Waals surface area contributed by atoms with Crippen LogP contribution in [0.5, 0.6) is 0 Å². The number of carbonyl (C=O) groups excluding carboxylic acids is 2. The van der Waals surface area contributed by atoms with Gasteiger partial charge in [-0.3, -0.25) is 9.59 Å². The van der Waals surface area contributed by atoms with Gasteiger partial charge in [0.05, 0.1) is 0 Å².